The van der Waals surface area contributed by atoms with E-state index in [-0.39, 0.29) is 6.54 Å². The Morgan fingerprint density at radius 3 is 2.68 bits per heavy atom. The average molecular weight is 317 g/mol. The molecule has 0 atom stereocenters. The molecule has 0 spiro atoms. The van der Waals surface area contributed by atoms with E-state index in [0.29, 0.717) is 25.7 Å². The molecule has 1 aromatic rings. The largest absolute Gasteiger partial charge is 0.492 e. The lowest BCUT2D eigenvalue weighted by molar-refractivity contribution is -0.132. The standard InChI is InChI=1S/C15H22F3N3O/c1-3-19-14(20-8-7-15(16,17)18)21-9-10-22-13-6-4-5-12(2)11-13/h4-6,11H,3,7-10H2,1-2H3,(H2,19,20,21). The summed E-state index contributed by atoms with van der Waals surface area (Å²) < 4.78 is 41.8. The van der Waals surface area contributed by atoms with Gasteiger partial charge < -0.3 is 15.4 Å². The number of ether oxygens (including phenoxy) is 1. The molecule has 0 unspecified atom stereocenters. The van der Waals surface area contributed by atoms with E-state index in [1.165, 1.54) is 0 Å². The summed E-state index contributed by atoms with van der Waals surface area (Å²) in [6.45, 7) is 4.96. The highest BCUT2D eigenvalue weighted by Crippen LogP contribution is 2.18. The number of hydrogen-bond donors (Lipinski definition) is 2. The molecule has 0 aliphatic heterocycles. The number of rotatable bonds is 7. The Hall–Kier alpha value is -1.92. The number of guanidine groups is 1. The van der Waals surface area contributed by atoms with Crippen LogP contribution in [0.1, 0.15) is 18.9 Å². The molecule has 1 rings (SSSR count). The van der Waals surface area contributed by atoms with Crippen LogP contribution in [-0.4, -0.2) is 38.4 Å². The van der Waals surface area contributed by atoms with Gasteiger partial charge in [-0.15, -0.1) is 0 Å². The molecule has 4 nitrogen and oxygen atoms in total. The number of nitrogens with zero attached hydrogens (tertiary/aromatic N) is 1. The van der Waals surface area contributed by atoms with Gasteiger partial charge in [0.1, 0.15) is 12.4 Å². The van der Waals surface area contributed by atoms with Crippen LogP contribution in [0.5, 0.6) is 5.75 Å². The maximum atomic E-state index is 12.1. The number of nitrogens with one attached hydrogen (secondary N) is 2. The quantitative estimate of drug-likeness (QED) is 0.462. The van der Waals surface area contributed by atoms with Crippen molar-refractivity contribution in [3.05, 3.63) is 29.8 Å². The number of aliphatic imine (C=N–C) groups is 1. The number of alkyl halides is 3. The summed E-state index contributed by atoms with van der Waals surface area (Å²) in [6.07, 6.45) is -5.11. The number of hydrogen-bond acceptors (Lipinski definition) is 2. The number of benzene rings is 1. The molecule has 0 amide bonds. The highest BCUT2D eigenvalue weighted by atomic mass is 19.4. The van der Waals surface area contributed by atoms with Crippen molar-refractivity contribution in [3.63, 3.8) is 0 Å². The van der Waals surface area contributed by atoms with E-state index >= 15 is 0 Å². The lowest BCUT2D eigenvalue weighted by Crippen LogP contribution is -2.39. The summed E-state index contributed by atoms with van der Waals surface area (Å²) in [5.74, 6) is 1.13. The van der Waals surface area contributed by atoms with Crippen LogP contribution >= 0.6 is 0 Å². The first-order chi connectivity index (χ1) is 10.4. The van der Waals surface area contributed by atoms with Crippen LogP contribution < -0.4 is 15.4 Å². The molecule has 0 fully saturated rings. The fourth-order valence-electron chi connectivity index (χ4n) is 1.68. The predicted molar refractivity (Wildman–Crippen MR) is 81.3 cm³/mol. The van der Waals surface area contributed by atoms with Gasteiger partial charge in [-0.05, 0) is 31.5 Å². The molecule has 124 valence electrons. The average Bonchev–Trinajstić information content (AvgIpc) is 2.42. The van der Waals surface area contributed by atoms with E-state index in [1.807, 2.05) is 38.1 Å². The summed E-state index contributed by atoms with van der Waals surface area (Å²) in [5, 5.41) is 5.83. The van der Waals surface area contributed by atoms with Gasteiger partial charge in [0.25, 0.3) is 0 Å². The monoisotopic (exact) mass is 317 g/mol. The van der Waals surface area contributed by atoms with Crippen molar-refractivity contribution < 1.29 is 17.9 Å². The van der Waals surface area contributed by atoms with Crippen LogP contribution in [-0.2, 0) is 0 Å². The third-order valence-corrected chi connectivity index (χ3v) is 2.66. The zero-order chi connectivity index (χ0) is 16.4. The summed E-state index contributed by atoms with van der Waals surface area (Å²) in [6, 6.07) is 7.65. The summed E-state index contributed by atoms with van der Waals surface area (Å²) in [7, 11) is 0. The molecule has 0 aliphatic rings. The van der Waals surface area contributed by atoms with Crippen molar-refractivity contribution in [1.82, 2.24) is 10.6 Å². The molecule has 0 saturated carbocycles. The van der Waals surface area contributed by atoms with Crippen molar-refractivity contribution in [2.24, 2.45) is 4.99 Å². The highest BCUT2D eigenvalue weighted by Gasteiger charge is 2.26. The molecular weight excluding hydrogens is 295 g/mol. The van der Waals surface area contributed by atoms with E-state index < -0.39 is 12.6 Å². The van der Waals surface area contributed by atoms with Gasteiger partial charge in [0, 0.05) is 6.54 Å². The lowest BCUT2D eigenvalue weighted by atomic mass is 10.2. The summed E-state index contributed by atoms with van der Waals surface area (Å²) in [4.78, 5) is 3.88. The minimum Gasteiger partial charge on any atom is -0.492 e. The third-order valence-electron chi connectivity index (χ3n) is 2.66. The van der Waals surface area contributed by atoms with Crippen molar-refractivity contribution in [1.29, 1.82) is 0 Å². The predicted octanol–water partition coefficient (Wildman–Crippen LogP) is 2.88. The number of halogens is 3. The van der Waals surface area contributed by atoms with Gasteiger partial charge in [0.15, 0.2) is 5.96 Å². The summed E-state index contributed by atoms with van der Waals surface area (Å²) in [5.41, 5.74) is 1.10. The first kappa shape index (κ1) is 18.1. The minimum absolute atomic E-state index is 0.294. The fourth-order valence-corrected chi connectivity index (χ4v) is 1.68. The van der Waals surface area contributed by atoms with Gasteiger partial charge in [-0.1, -0.05) is 12.1 Å². The van der Waals surface area contributed by atoms with E-state index in [0.717, 1.165) is 11.3 Å². The summed E-state index contributed by atoms with van der Waals surface area (Å²) >= 11 is 0. The van der Waals surface area contributed by atoms with Crippen molar-refractivity contribution in [2.75, 3.05) is 26.2 Å². The van der Waals surface area contributed by atoms with Crippen LogP contribution in [0.4, 0.5) is 13.2 Å². The molecular formula is C15H22F3N3O. The van der Waals surface area contributed by atoms with Crippen LogP contribution in [0.2, 0.25) is 0 Å². The van der Waals surface area contributed by atoms with Gasteiger partial charge in [-0.3, -0.25) is 4.99 Å². The Bertz CT molecular complexity index is 475. The van der Waals surface area contributed by atoms with Crippen LogP contribution in [0.25, 0.3) is 0 Å². The van der Waals surface area contributed by atoms with Crippen molar-refractivity contribution in [3.8, 4) is 5.75 Å². The van der Waals surface area contributed by atoms with Gasteiger partial charge >= 0.3 is 6.18 Å². The Kier molecular flexibility index (Phi) is 7.56. The van der Waals surface area contributed by atoms with Crippen molar-refractivity contribution in [2.45, 2.75) is 26.4 Å². The molecule has 0 saturated heterocycles. The highest BCUT2D eigenvalue weighted by molar-refractivity contribution is 5.79. The third kappa shape index (κ3) is 8.39. The fraction of sp³-hybridized carbons (Fsp3) is 0.533. The van der Waals surface area contributed by atoms with Crippen molar-refractivity contribution >= 4 is 5.96 Å². The zero-order valence-electron chi connectivity index (χ0n) is 12.8. The Labute approximate surface area is 128 Å². The molecule has 0 heterocycles. The van der Waals surface area contributed by atoms with Gasteiger partial charge in [0.05, 0.1) is 19.5 Å². The van der Waals surface area contributed by atoms with E-state index in [4.69, 9.17) is 4.74 Å². The van der Waals surface area contributed by atoms with Crippen LogP contribution in [0, 0.1) is 6.92 Å². The first-order valence-corrected chi connectivity index (χ1v) is 7.19. The second-order valence-corrected chi connectivity index (χ2v) is 4.72. The normalized spacial score (nSPS) is 12.1. The Morgan fingerprint density at radius 2 is 2.05 bits per heavy atom. The van der Waals surface area contributed by atoms with E-state index in [2.05, 4.69) is 15.6 Å². The van der Waals surface area contributed by atoms with E-state index in [1.54, 1.807) is 0 Å². The molecule has 0 aromatic heterocycles. The first-order valence-electron chi connectivity index (χ1n) is 7.19. The van der Waals surface area contributed by atoms with Gasteiger partial charge in [-0.2, -0.15) is 13.2 Å². The maximum absolute atomic E-state index is 12.1. The zero-order valence-corrected chi connectivity index (χ0v) is 12.8. The Balaban J connectivity index is 2.33. The molecule has 1 aromatic carbocycles. The maximum Gasteiger partial charge on any atom is 0.390 e. The second kappa shape index (κ2) is 9.17. The topological polar surface area (TPSA) is 45.7 Å². The van der Waals surface area contributed by atoms with Crippen LogP contribution in [0.3, 0.4) is 0 Å². The lowest BCUT2D eigenvalue weighted by Gasteiger charge is -2.12. The molecule has 2 N–H and O–H groups in total. The number of aryl methyl sites for hydroxylation is 1. The van der Waals surface area contributed by atoms with Crippen LogP contribution in [0.15, 0.2) is 29.3 Å². The Morgan fingerprint density at radius 1 is 1.27 bits per heavy atom. The minimum atomic E-state index is -4.19. The SMILES string of the molecule is CCNC(=NCCC(F)(F)F)NCCOc1cccc(C)c1. The smallest absolute Gasteiger partial charge is 0.390 e. The molecule has 7 heteroatoms. The molecule has 0 radical (unpaired) electrons. The molecule has 0 aliphatic carbocycles. The van der Waals surface area contributed by atoms with Gasteiger partial charge in [0.2, 0.25) is 0 Å². The second-order valence-electron chi connectivity index (χ2n) is 4.72. The molecule has 22 heavy (non-hydrogen) atoms. The molecule has 0 bridgehead atoms. The van der Waals surface area contributed by atoms with E-state index in [9.17, 15) is 13.2 Å². The van der Waals surface area contributed by atoms with Gasteiger partial charge in [-0.25, -0.2) is 0 Å².